The molecule has 0 aromatic carbocycles. The minimum absolute atomic E-state index is 0. The Kier molecular flexibility index (Phi) is 37.4. The standard InChI is InChI=1S/3BrO3.Er/c3*2-1(3)4;/q3*-1;. The van der Waals surface area contributed by atoms with Crippen LogP contribution in [0.4, 0.5) is 0 Å². The predicted octanol–water partition coefficient (Wildman–Crippen LogP) is -10.7. The molecular formula is Br3ErO9-3. The summed E-state index contributed by atoms with van der Waals surface area (Å²) in [6.07, 6.45) is 0. The van der Waals surface area contributed by atoms with Crippen LogP contribution in [0, 0.1) is 81.7 Å². The summed E-state index contributed by atoms with van der Waals surface area (Å²) in [6, 6.07) is 0. The van der Waals surface area contributed by atoms with E-state index in [2.05, 4.69) is 0 Å². The van der Waals surface area contributed by atoms with Crippen LogP contribution in [0.15, 0.2) is 0 Å². The van der Waals surface area contributed by atoms with Crippen molar-refractivity contribution >= 4 is 0 Å². The van der Waals surface area contributed by atoms with Gasteiger partial charge in [-0.3, -0.25) is 0 Å². The quantitative estimate of drug-likeness (QED) is 0.280. The molecule has 0 fully saturated rings. The molecule has 90 valence electrons. The van der Waals surface area contributed by atoms with Crippen molar-refractivity contribution in [3.8, 4) is 0 Å². The molecule has 0 atom stereocenters. The number of rotatable bonds is 0. The van der Waals surface area contributed by atoms with Gasteiger partial charge in [-0.25, -0.2) is 0 Å². The van der Waals surface area contributed by atoms with E-state index < -0.39 is 44.4 Å². The van der Waals surface area contributed by atoms with Crippen molar-refractivity contribution in [3.63, 3.8) is 0 Å². The SMILES string of the molecule is [Er].[O-][Br+2]([O-])[O-].[O-][Br+2]([O-])[O-].[O-][Br+2]([O-])[O-]. The minimum Gasteiger partial charge on any atom is -0.405 e. The van der Waals surface area contributed by atoms with Gasteiger partial charge in [0.2, 0.25) is 44.4 Å². The van der Waals surface area contributed by atoms with Crippen molar-refractivity contribution in [2.24, 2.45) is 0 Å². The van der Waals surface area contributed by atoms with Gasteiger partial charge in [0.1, 0.15) is 0 Å². The normalized spacial score (nSPS) is 8.31. The topological polar surface area (TPSA) is 208 Å². The van der Waals surface area contributed by atoms with E-state index >= 15 is 0 Å². The zero-order valence-corrected chi connectivity index (χ0v) is 11.7. The molecule has 13 heavy (non-hydrogen) atoms. The van der Waals surface area contributed by atoms with Crippen LogP contribution in [0.2, 0.25) is 0 Å². The molecule has 0 spiro atoms. The van der Waals surface area contributed by atoms with Crippen molar-refractivity contribution < 1.29 is 120 Å². The fraction of sp³-hybridized carbons (Fsp3) is 0. The van der Waals surface area contributed by atoms with Crippen LogP contribution < -0.4 is 37.8 Å². The molecule has 0 aromatic rings. The third-order valence-corrected chi connectivity index (χ3v) is 0. The largest absolute Gasteiger partial charge is 0.405 e. The maximum Gasteiger partial charge on any atom is 0.216 e. The molecule has 9 nitrogen and oxygen atoms in total. The fourth-order valence-electron chi connectivity index (χ4n) is 0. The van der Waals surface area contributed by atoms with Gasteiger partial charge < -0.3 is 37.8 Å². The number of hydrogen-bond donors (Lipinski definition) is 0. The third kappa shape index (κ3) is 402. The molecular weight excluding hydrogens is 551 g/mol. The molecule has 0 aliphatic heterocycles. The molecule has 0 rings (SSSR count). The molecule has 0 heterocycles. The summed E-state index contributed by atoms with van der Waals surface area (Å²) < 4.78 is 76.7. The second-order valence-electron chi connectivity index (χ2n) is 0.567. The fourth-order valence-corrected chi connectivity index (χ4v) is 0. The summed E-state index contributed by atoms with van der Waals surface area (Å²) in [5.74, 6) is 0. The Bertz CT molecular complexity index is 43.4. The Morgan fingerprint density at radius 1 is 0.385 bits per heavy atom. The van der Waals surface area contributed by atoms with E-state index in [1.807, 2.05) is 0 Å². The summed E-state index contributed by atoms with van der Waals surface area (Å²) in [5, 5.41) is 0. The average Bonchev–Trinajstić information content (AvgIpc) is 1.54. The Labute approximate surface area is 118 Å². The summed E-state index contributed by atoms with van der Waals surface area (Å²) >= 11 is -10.9. The zero-order chi connectivity index (χ0) is 10.7. The van der Waals surface area contributed by atoms with Gasteiger partial charge in [-0.15, -0.1) is 0 Å². The van der Waals surface area contributed by atoms with Crippen LogP contribution in [0.1, 0.15) is 0 Å². The minimum atomic E-state index is -3.65. The van der Waals surface area contributed by atoms with Crippen LogP contribution >= 0.6 is 0 Å². The first kappa shape index (κ1) is 24.5. The predicted molar refractivity (Wildman–Crippen MR) is 0 cm³/mol. The molecule has 0 amide bonds. The molecule has 0 saturated heterocycles. The van der Waals surface area contributed by atoms with E-state index in [0.717, 1.165) is 0 Å². The molecule has 0 aliphatic carbocycles. The van der Waals surface area contributed by atoms with Crippen LogP contribution in [0.5, 0.6) is 0 Å². The number of hydrogen-bond acceptors (Lipinski definition) is 9. The summed E-state index contributed by atoms with van der Waals surface area (Å²) in [4.78, 5) is 0. The van der Waals surface area contributed by atoms with Crippen molar-refractivity contribution in [1.29, 1.82) is 0 Å². The first-order valence-electron chi connectivity index (χ1n) is 1.39. The van der Waals surface area contributed by atoms with Crippen LogP contribution in [0.25, 0.3) is 0 Å². The van der Waals surface area contributed by atoms with E-state index in [1.165, 1.54) is 0 Å². The summed E-state index contributed by atoms with van der Waals surface area (Å²) in [7, 11) is 0. The molecule has 0 N–H and O–H groups in total. The van der Waals surface area contributed by atoms with Crippen molar-refractivity contribution in [3.05, 3.63) is 0 Å². The Balaban J connectivity index is -0.0000000450. The maximum absolute atomic E-state index is 8.52. The summed E-state index contributed by atoms with van der Waals surface area (Å²) in [5.41, 5.74) is 0. The van der Waals surface area contributed by atoms with Gasteiger partial charge >= 0.3 is 0 Å². The molecule has 0 radical (unpaired) electrons. The molecule has 0 aromatic heterocycles. The molecule has 0 aliphatic rings. The maximum atomic E-state index is 8.52. The van der Waals surface area contributed by atoms with Gasteiger partial charge in [-0.1, -0.05) is 0 Å². The Hall–Kier alpha value is 2.33. The Morgan fingerprint density at radius 2 is 0.385 bits per heavy atom. The molecule has 0 saturated carbocycles. The van der Waals surface area contributed by atoms with E-state index in [1.54, 1.807) is 0 Å². The van der Waals surface area contributed by atoms with Gasteiger partial charge in [0.25, 0.3) is 0 Å². The van der Waals surface area contributed by atoms with Crippen LogP contribution in [-0.2, 0) is 0 Å². The van der Waals surface area contributed by atoms with E-state index in [9.17, 15) is 0 Å². The van der Waals surface area contributed by atoms with Gasteiger partial charge in [0.05, 0.1) is 0 Å². The van der Waals surface area contributed by atoms with Gasteiger partial charge in [-0.2, -0.15) is 0 Å². The smallest absolute Gasteiger partial charge is 0.216 e. The van der Waals surface area contributed by atoms with Gasteiger partial charge in [-0.05, 0) is 0 Å². The second kappa shape index (κ2) is 19.8. The molecule has 13 heteroatoms. The van der Waals surface area contributed by atoms with E-state index in [-0.39, 0.29) is 37.3 Å². The summed E-state index contributed by atoms with van der Waals surface area (Å²) in [6.45, 7) is 0. The molecule has 0 bridgehead atoms. The zero-order valence-electron chi connectivity index (χ0n) is 5.10. The van der Waals surface area contributed by atoms with Crippen LogP contribution in [-0.4, -0.2) is 0 Å². The Morgan fingerprint density at radius 3 is 0.385 bits per heavy atom. The second-order valence-corrected chi connectivity index (χ2v) is 2.95. The van der Waals surface area contributed by atoms with Crippen molar-refractivity contribution in [1.82, 2.24) is 0 Å². The van der Waals surface area contributed by atoms with E-state index in [4.69, 9.17) is 37.8 Å². The van der Waals surface area contributed by atoms with Crippen LogP contribution in [0.3, 0.4) is 0 Å². The first-order valence-corrected chi connectivity index (χ1v) is 7.22. The first-order chi connectivity index (χ1) is 5.20. The van der Waals surface area contributed by atoms with Gasteiger partial charge in [0.15, 0.2) is 0 Å². The monoisotopic (exact) mass is 547 g/mol. The number of halogens is 3. The average molecular weight is 551 g/mol. The van der Waals surface area contributed by atoms with Crippen molar-refractivity contribution in [2.75, 3.05) is 0 Å². The van der Waals surface area contributed by atoms with Crippen molar-refractivity contribution in [2.45, 2.75) is 0 Å². The van der Waals surface area contributed by atoms with Gasteiger partial charge in [0, 0.05) is 37.3 Å². The third-order valence-electron chi connectivity index (χ3n) is 0. The van der Waals surface area contributed by atoms with E-state index in [0.29, 0.717) is 0 Å². The molecule has 0 unspecified atom stereocenters.